The molecule has 1 N–H and O–H groups in total. The Hall–Kier alpha value is -1.92. The zero-order valence-corrected chi connectivity index (χ0v) is 11.9. The molecule has 0 aromatic carbocycles. The Morgan fingerprint density at radius 2 is 2.16 bits per heavy atom. The quantitative estimate of drug-likeness (QED) is 0.803. The van der Waals surface area contributed by atoms with Crippen LogP contribution in [-0.2, 0) is 9.53 Å². The summed E-state index contributed by atoms with van der Waals surface area (Å²) < 4.78 is 5.85. The van der Waals surface area contributed by atoms with Gasteiger partial charge in [0.25, 0.3) is 5.82 Å². The minimum Gasteiger partial charge on any atom is -0.463 e. The molecule has 1 aromatic rings. The third kappa shape index (κ3) is 3.77. The summed E-state index contributed by atoms with van der Waals surface area (Å²) in [5, 5.41) is 6.84. The van der Waals surface area contributed by atoms with E-state index in [1.54, 1.807) is 6.92 Å². The van der Waals surface area contributed by atoms with Crippen LogP contribution < -0.4 is 5.32 Å². The molecule has 7 nitrogen and oxygen atoms in total. The molecule has 1 atom stereocenters. The molecule has 0 radical (unpaired) electrons. The summed E-state index contributed by atoms with van der Waals surface area (Å²) in [6, 6.07) is -0.545. The highest BCUT2D eigenvalue weighted by atomic mass is 16.5. The third-order valence-electron chi connectivity index (χ3n) is 3.00. The fourth-order valence-corrected chi connectivity index (χ4v) is 1.29. The fraction of sp³-hybridized carbons (Fsp3) is 0.667. The molecule has 1 amide bonds. The Balaban J connectivity index is 2.77. The average Bonchev–Trinajstić information content (AvgIpc) is 2.85. The lowest BCUT2D eigenvalue weighted by Gasteiger charge is -2.26. The van der Waals surface area contributed by atoms with Crippen molar-refractivity contribution in [1.82, 2.24) is 20.1 Å². The van der Waals surface area contributed by atoms with Crippen LogP contribution in [0, 0.1) is 0 Å². The molecule has 0 fully saturated rings. The molecule has 0 saturated heterocycles. The van der Waals surface area contributed by atoms with Crippen molar-refractivity contribution in [1.29, 1.82) is 0 Å². The van der Waals surface area contributed by atoms with Gasteiger partial charge in [0.2, 0.25) is 5.91 Å². The number of esters is 1. The molecule has 1 unspecified atom stereocenters. The van der Waals surface area contributed by atoms with E-state index in [1.807, 2.05) is 20.8 Å². The summed E-state index contributed by atoms with van der Waals surface area (Å²) in [5.74, 6) is -0.856. The zero-order chi connectivity index (χ0) is 14.6. The van der Waals surface area contributed by atoms with Gasteiger partial charge < -0.3 is 10.1 Å². The molecule has 19 heavy (non-hydrogen) atoms. The van der Waals surface area contributed by atoms with Crippen LogP contribution in [0.2, 0.25) is 0 Å². The van der Waals surface area contributed by atoms with E-state index in [1.165, 1.54) is 18.1 Å². The average molecular weight is 268 g/mol. The van der Waals surface area contributed by atoms with Crippen molar-refractivity contribution >= 4 is 11.9 Å². The first-order chi connectivity index (χ1) is 8.80. The first-order valence-corrected chi connectivity index (χ1v) is 6.12. The summed E-state index contributed by atoms with van der Waals surface area (Å²) in [6.07, 6.45) is 2.16. The highest BCUT2D eigenvalue weighted by molar-refractivity contribution is 5.85. The van der Waals surface area contributed by atoms with Crippen LogP contribution in [0.25, 0.3) is 0 Å². The number of amides is 1. The lowest BCUT2D eigenvalue weighted by atomic mass is 10.0. The van der Waals surface area contributed by atoms with Gasteiger partial charge in [0.05, 0.1) is 7.11 Å². The lowest BCUT2D eigenvalue weighted by molar-refractivity contribution is -0.125. The van der Waals surface area contributed by atoms with Crippen LogP contribution in [0.5, 0.6) is 0 Å². The van der Waals surface area contributed by atoms with Gasteiger partial charge in [0.1, 0.15) is 12.4 Å². The summed E-state index contributed by atoms with van der Waals surface area (Å²) in [7, 11) is 1.25. The maximum absolute atomic E-state index is 12.1. The molecule has 0 aliphatic rings. The Morgan fingerprint density at radius 3 is 2.68 bits per heavy atom. The van der Waals surface area contributed by atoms with E-state index in [2.05, 4.69) is 20.1 Å². The highest BCUT2D eigenvalue weighted by Gasteiger charge is 2.24. The number of nitrogens with one attached hydrogen (secondary N) is 1. The van der Waals surface area contributed by atoms with Crippen LogP contribution in [-0.4, -0.2) is 39.3 Å². The van der Waals surface area contributed by atoms with Crippen molar-refractivity contribution in [2.75, 3.05) is 7.11 Å². The first-order valence-electron chi connectivity index (χ1n) is 6.12. The van der Waals surface area contributed by atoms with E-state index in [0.717, 1.165) is 6.42 Å². The number of ether oxygens (including phenoxy) is 1. The van der Waals surface area contributed by atoms with Crippen molar-refractivity contribution in [2.45, 2.75) is 45.7 Å². The molecule has 1 aromatic heterocycles. The van der Waals surface area contributed by atoms with Gasteiger partial charge >= 0.3 is 5.97 Å². The number of nitrogens with zero attached hydrogens (tertiary/aromatic N) is 3. The van der Waals surface area contributed by atoms with Crippen molar-refractivity contribution < 1.29 is 14.3 Å². The molecule has 0 aliphatic heterocycles. The molecule has 0 spiro atoms. The Morgan fingerprint density at radius 1 is 1.53 bits per heavy atom. The number of hydrogen-bond acceptors (Lipinski definition) is 5. The molecular weight excluding hydrogens is 248 g/mol. The number of methoxy groups -OCH3 is 1. The van der Waals surface area contributed by atoms with Gasteiger partial charge in [-0.1, -0.05) is 6.92 Å². The maximum Gasteiger partial charge on any atom is 0.377 e. The largest absolute Gasteiger partial charge is 0.463 e. The van der Waals surface area contributed by atoms with Gasteiger partial charge in [-0.05, 0) is 27.2 Å². The molecule has 0 bridgehead atoms. The van der Waals surface area contributed by atoms with Crippen molar-refractivity contribution in [3.05, 3.63) is 12.2 Å². The second-order valence-electron chi connectivity index (χ2n) is 4.94. The smallest absolute Gasteiger partial charge is 0.377 e. The maximum atomic E-state index is 12.1. The Kier molecular flexibility index (Phi) is 4.63. The standard InChI is InChI=1S/C12H20N4O3/c1-6-12(3,4)14-10(17)8(2)16-7-13-9(15-16)11(18)19-5/h7-8H,6H2,1-5H3,(H,14,17). The van der Waals surface area contributed by atoms with Gasteiger partial charge in [0, 0.05) is 5.54 Å². The van der Waals surface area contributed by atoms with Crippen LogP contribution in [0.1, 0.15) is 50.8 Å². The topological polar surface area (TPSA) is 86.1 Å². The third-order valence-corrected chi connectivity index (χ3v) is 3.00. The monoisotopic (exact) mass is 268 g/mol. The SMILES string of the molecule is CCC(C)(C)NC(=O)C(C)n1cnc(C(=O)OC)n1. The minimum atomic E-state index is -0.625. The summed E-state index contributed by atoms with van der Waals surface area (Å²) in [5.41, 5.74) is -0.281. The van der Waals surface area contributed by atoms with Gasteiger partial charge in [0.15, 0.2) is 0 Å². The number of rotatable bonds is 5. The fourth-order valence-electron chi connectivity index (χ4n) is 1.29. The second-order valence-corrected chi connectivity index (χ2v) is 4.94. The van der Waals surface area contributed by atoms with E-state index in [-0.39, 0.29) is 17.3 Å². The van der Waals surface area contributed by atoms with E-state index >= 15 is 0 Å². The van der Waals surface area contributed by atoms with Crippen LogP contribution >= 0.6 is 0 Å². The van der Waals surface area contributed by atoms with Crippen molar-refractivity contribution in [3.63, 3.8) is 0 Å². The van der Waals surface area contributed by atoms with Gasteiger partial charge in [-0.15, -0.1) is 5.10 Å². The highest BCUT2D eigenvalue weighted by Crippen LogP contribution is 2.11. The van der Waals surface area contributed by atoms with Gasteiger partial charge in [-0.3, -0.25) is 4.79 Å². The van der Waals surface area contributed by atoms with E-state index < -0.39 is 12.0 Å². The molecular formula is C12H20N4O3. The molecule has 7 heteroatoms. The minimum absolute atomic E-state index is 0.0584. The Bertz CT molecular complexity index is 467. The number of hydrogen-bond donors (Lipinski definition) is 1. The molecule has 0 saturated carbocycles. The zero-order valence-electron chi connectivity index (χ0n) is 11.9. The van der Waals surface area contributed by atoms with Crippen LogP contribution in [0.15, 0.2) is 6.33 Å². The molecule has 0 aliphatic carbocycles. The predicted octanol–water partition coefficient (Wildman–Crippen LogP) is 0.930. The predicted molar refractivity (Wildman–Crippen MR) is 68.6 cm³/mol. The van der Waals surface area contributed by atoms with Gasteiger partial charge in [-0.25, -0.2) is 14.5 Å². The normalized spacial score (nSPS) is 12.9. The molecule has 1 heterocycles. The first kappa shape index (κ1) is 15.1. The van der Waals surface area contributed by atoms with E-state index in [9.17, 15) is 9.59 Å². The summed E-state index contributed by atoms with van der Waals surface area (Å²) in [6.45, 7) is 7.57. The Labute approximate surface area is 112 Å². The van der Waals surface area contributed by atoms with E-state index in [4.69, 9.17) is 0 Å². The number of carbonyl (C=O) groups excluding carboxylic acids is 2. The van der Waals surface area contributed by atoms with Gasteiger partial charge in [-0.2, -0.15) is 0 Å². The molecule has 1 rings (SSSR count). The number of aromatic nitrogens is 3. The summed E-state index contributed by atoms with van der Waals surface area (Å²) >= 11 is 0. The summed E-state index contributed by atoms with van der Waals surface area (Å²) in [4.78, 5) is 27.1. The second kappa shape index (κ2) is 5.81. The van der Waals surface area contributed by atoms with Crippen molar-refractivity contribution in [3.8, 4) is 0 Å². The lowest BCUT2D eigenvalue weighted by Crippen LogP contribution is -2.45. The molecule has 106 valence electrons. The number of carbonyl (C=O) groups is 2. The van der Waals surface area contributed by atoms with Crippen LogP contribution in [0.3, 0.4) is 0 Å². The van der Waals surface area contributed by atoms with E-state index in [0.29, 0.717) is 0 Å². The van der Waals surface area contributed by atoms with Crippen LogP contribution in [0.4, 0.5) is 0 Å². The van der Waals surface area contributed by atoms with Crippen molar-refractivity contribution in [2.24, 2.45) is 0 Å².